The van der Waals surface area contributed by atoms with Crippen molar-refractivity contribution in [1.82, 2.24) is 9.97 Å². The number of nitrogens with one attached hydrogen (secondary N) is 2. The minimum Gasteiger partial charge on any atom is -0.393 e. The second kappa shape index (κ2) is 5.77. The van der Waals surface area contributed by atoms with Crippen LogP contribution in [0.15, 0.2) is 24.5 Å². The van der Waals surface area contributed by atoms with Crippen LogP contribution in [0, 0.1) is 13.8 Å². The fourth-order valence-corrected chi connectivity index (χ4v) is 1.97. The second-order valence-corrected chi connectivity index (χ2v) is 5.23. The molecule has 0 radical (unpaired) electrons. The van der Waals surface area contributed by atoms with Crippen LogP contribution in [0.2, 0.25) is 0 Å². The highest BCUT2D eigenvalue weighted by molar-refractivity contribution is 5.78. The smallest absolute Gasteiger partial charge is 0.159 e. The second-order valence-electron chi connectivity index (χ2n) is 5.23. The zero-order valence-electron chi connectivity index (χ0n) is 12.4. The van der Waals surface area contributed by atoms with Gasteiger partial charge in [-0.05, 0) is 39.3 Å². The average molecular weight is 271 g/mol. The summed E-state index contributed by atoms with van der Waals surface area (Å²) in [6.07, 6.45) is 1.51. The van der Waals surface area contributed by atoms with Gasteiger partial charge in [-0.25, -0.2) is 9.97 Å². The molecule has 0 aliphatic heterocycles. The van der Waals surface area contributed by atoms with Gasteiger partial charge in [0.1, 0.15) is 12.0 Å². The topological polar surface area (TPSA) is 75.9 Å². The number of aryl methyl sites for hydroxylation is 2. The molecule has 0 aliphatic carbocycles. The number of benzene rings is 1. The molecule has 1 aromatic heterocycles. The van der Waals surface area contributed by atoms with Gasteiger partial charge in [-0.1, -0.05) is 17.7 Å². The Bertz CT molecular complexity index is 607. The van der Waals surface area contributed by atoms with E-state index in [0.29, 0.717) is 17.3 Å². The first-order chi connectivity index (χ1) is 9.47. The monoisotopic (exact) mass is 271 g/mol. The van der Waals surface area contributed by atoms with E-state index in [4.69, 9.17) is 5.73 Å². The standard InChI is InChI=1S/C15H21N5/c1-9(2)19-14-13(16)15(18-8-17-14)20-12-6-5-10(3)7-11(12)4/h5-9H,16H2,1-4H3,(H2,17,18,19,20). The largest absolute Gasteiger partial charge is 0.393 e. The van der Waals surface area contributed by atoms with Crippen LogP contribution in [0.3, 0.4) is 0 Å². The van der Waals surface area contributed by atoms with E-state index in [2.05, 4.69) is 46.6 Å². The van der Waals surface area contributed by atoms with Gasteiger partial charge in [0.05, 0.1) is 0 Å². The molecule has 0 spiro atoms. The van der Waals surface area contributed by atoms with Gasteiger partial charge in [0, 0.05) is 11.7 Å². The van der Waals surface area contributed by atoms with Crippen molar-refractivity contribution in [3.05, 3.63) is 35.7 Å². The number of aromatic nitrogens is 2. The third kappa shape index (κ3) is 3.17. The fourth-order valence-electron chi connectivity index (χ4n) is 1.97. The Labute approximate surface area is 119 Å². The lowest BCUT2D eigenvalue weighted by Crippen LogP contribution is -2.14. The summed E-state index contributed by atoms with van der Waals surface area (Å²) >= 11 is 0. The van der Waals surface area contributed by atoms with Crippen LogP contribution < -0.4 is 16.4 Å². The molecule has 0 amide bonds. The third-order valence-corrected chi connectivity index (χ3v) is 2.94. The summed E-state index contributed by atoms with van der Waals surface area (Å²) in [5.41, 5.74) is 10.0. The number of nitrogens with two attached hydrogens (primary N) is 1. The van der Waals surface area contributed by atoms with Crippen LogP contribution in [0.1, 0.15) is 25.0 Å². The summed E-state index contributed by atoms with van der Waals surface area (Å²) in [4.78, 5) is 8.39. The van der Waals surface area contributed by atoms with E-state index in [1.807, 2.05) is 19.9 Å². The van der Waals surface area contributed by atoms with E-state index < -0.39 is 0 Å². The maximum atomic E-state index is 6.11. The molecule has 2 aromatic rings. The molecule has 5 heteroatoms. The van der Waals surface area contributed by atoms with Gasteiger partial charge in [0.2, 0.25) is 0 Å². The predicted molar refractivity (Wildman–Crippen MR) is 84.4 cm³/mol. The van der Waals surface area contributed by atoms with Crippen molar-refractivity contribution in [3.63, 3.8) is 0 Å². The van der Waals surface area contributed by atoms with Crippen molar-refractivity contribution in [2.45, 2.75) is 33.7 Å². The van der Waals surface area contributed by atoms with Crippen molar-refractivity contribution in [3.8, 4) is 0 Å². The minimum absolute atomic E-state index is 0.265. The molecule has 0 saturated heterocycles. The van der Waals surface area contributed by atoms with E-state index >= 15 is 0 Å². The average Bonchev–Trinajstić information content (AvgIpc) is 2.36. The van der Waals surface area contributed by atoms with Gasteiger partial charge in [-0.15, -0.1) is 0 Å². The quantitative estimate of drug-likeness (QED) is 0.796. The van der Waals surface area contributed by atoms with Crippen LogP contribution in [-0.2, 0) is 0 Å². The first-order valence-electron chi connectivity index (χ1n) is 6.68. The lowest BCUT2D eigenvalue weighted by molar-refractivity contribution is 0.887. The number of hydrogen-bond acceptors (Lipinski definition) is 5. The zero-order chi connectivity index (χ0) is 14.7. The highest BCUT2D eigenvalue weighted by Crippen LogP contribution is 2.27. The van der Waals surface area contributed by atoms with Gasteiger partial charge in [0.25, 0.3) is 0 Å². The Morgan fingerprint density at radius 1 is 1.10 bits per heavy atom. The van der Waals surface area contributed by atoms with Crippen molar-refractivity contribution in [2.75, 3.05) is 16.4 Å². The molecule has 2 rings (SSSR count). The highest BCUT2D eigenvalue weighted by Gasteiger charge is 2.10. The van der Waals surface area contributed by atoms with Crippen LogP contribution >= 0.6 is 0 Å². The van der Waals surface area contributed by atoms with Gasteiger partial charge in [-0.2, -0.15) is 0 Å². The lowest BCUT2D eigenvalue weighted by Gasteiger charge is -2.15. The molecular weight excluding hydrogens is 250 g/mol. The molecule has 0 unspecified atom stereocenters. The molecule has 20 heavy (non-hydrogen) atoms. The molecule has 1 heterocycles. The van der Waals surface area contributed by atoms with E-state index in [1.54, 1.807) is 0 Å². The van der Waals surface area contributed by atoms with Crippen molar-refractivity contribution in [2.24, 2.45) is 0 Å². The molecule has 1 aromatic carbocycles. The molecule has 0 aliphatic rings. The molecule has 4 N–H and O–H groups in total. The Morgan fingerprint density at radius 3 is 2.45 bits per heavy atom. The van der Waals surface area contributed by atoms with Gasteiger partial charge >= 0.3 is 0 Å². The third-order valence-electron chi connectivity index (χ3n) is 2.94. The molecule has 0 bridgehead atoms. The SMILES string of the molecule is Cc1ccc(Nc2ncnc(NC(C)C)c2N)c(C)c1. The van der Waals surface area contributed by atoms with Crippen LogP contribution in [-0.4, -0.2) is 16.0 Å². The number of nitrogen functional groups attached to an aromatic ring is 1. The Kier molecular flexibility index (Phi) is 4.08. The summed E-state index contributed by atoms with van der Waals surface area (Å²) in [5, 5.41) is 6.47. The summed E-state index contributed by atoms with van der Waals surface area (Å²) < 4.78 is 0. The normalized spacial score (nSPS) is 10.7. The zero-order valence-corrected chi connectivity index (χ0v) is 12.4. The number of anilines is 4. The maximum absolute atomic E-state index is 6.11. The number of nitrogens with zero attached hydrogens (tertiary/aromatic N) is 2. The van der Waals surface area contributed by atoms with Crippen LogP contribution in [0.5, 0.6) is 0 Å². The number of rotatable bonds is 4. The molecule has 0 fully saturated rings. The fraction of sp³-hybridized carbons (Fsp3) is 0.333. The molecule has 0 saturated carbocycles. The van der Waals surface area contributed by atoms with E-state index in [1.165, 1.54) is 11.9 Å². The van der Waals surface area contributed by atoms with Gasteiger partial charge in [0.15, 0.2) is 11.6 Å². The first-order valence-corrected chi connectivity index (χ1v) is 6.68. The van der Waals surface area contributed by atoms with Crippen molar-refractivity contribution >= 4 is 23.0 Å². The first kappa shape index (κ1) is 14.1. The summed E-state index contributed by atoms with van der Waals surface area (Å²) in [6, 6.07) is 6.47. The van der Waals surface area contributed by atoms with Crippen molar-refractivity contribution < 1.29 is 0 Å². The van der Waals surface area contributed by atoms with Crippen LogP contribution in [0.25, 0.3) is 0 Å². The van der Waals surface area contributed by atoms with Gasteiger partial charge in [-0.3, -0.25) is 0 Å². The maximum Gasteiger partial charge on any atom is 0.159 e. The van der Waals surface area contributed by atoms with E-state index in [0.717, 1.165) is 11.3 Å². The summed E-state index contributed by atoms with van der Waals surface area (Å²) in [6.45, 7) is 8.21. The molecule has 106 valence electrons. The molecule has 5 nitrogen and oxygen atoms in total. The Morgan fingerprint density at radius 2 is 1.80 bits per heavy atom. The molecular formula is C15H21N5. The van der Waals surface area contributed by atoms with E-state index in [-0.39, 0.29) is 6.04 Å². The minimum atomic E-state index is 0.265. The summed E-state index contributed by atoms with van der Waals surface area (Å²) in [5.74, 6) is 1.28. The number of hydrogen-bond donors (Lipinski definition) is 3. The highest BCUT2D eigenvalue weighted by atomic mass is 15.1. The predicted octanol–water partition coefficient (Wildman–Crippen LogP) is 3.24. The molecule has 0 atom stereocenters. The van der Waals surface area contributed by atoms with Gasteiger partial charge < -0.3 is 16.4 Å². The van der Waals surface area contributed by atoms with Crippen molar-refractivity contribution in [1.29, 1.82) is 0 Å². The Balaban J connectivity index is 2.29. The van der Waals surface area contributed by atoms with Crippen LogP contribution in [0.4, 0.5) is 23.0 Å². The van der Waals surface area contributed by atoms with E-state index in [9.17, 15) is 0 Å². The lowest BCUT2D eigenvalue weighted by atomic mass is 10.1. The Hall–Kier alpha value is -2.30. The summed E-state index contributed by atoms with van der Waals surface area (Å²) in [7, 11) is 0.